The van der Waals surface area contributed by atoms with E-state index in [-0.39, 0.29) is 37.8 Å². The molecule has 0 unspecified atom stereocenters. The molecule has 2 aromatic rings. The molecule has 2 aliphatic rings. The van der Waals surface area contributed by atoms with Crippen LogP contribution < -0.4 is 9.47 Å². The number of ether oxygens (including phenoxy) is 4. The SMILES string of the molecule is CCOC(=O)[C@H]1CCCN(C(=O)COCc2cc(-c3ccc4c(c3)OCO4)on2)C1. The molecule has 1 aromatic heterocycles. The predicted molar refractivity (Wildman–Crippen MR) is 104 cm³/mol. The molecule has 1 aromatic carbocycles. The fraction of sp³-hybridized carbons (Fsp3) is 0.476. The Hall–Kier alpha value is -3.07. The number of hydrogen-bond donors (Lipinski definition) is 0. The average Bonchev–Trinajstić information content (AvgIpc) is 3.43. The Balaban J connectivity index is 1.26. The Kier molecular flexibility index (Phi) is 6.18. The first kappa shape index (κ1) is 20.2. The van der Waals surface area contributed by atoms with Gasteiger partial charge < -0.3 is 28.4 Å². The summed E-state index contributed by atoms with van der Waals surface area (Å²) >= 11 is 0. The van der Waals surface area contributed by atoms with Crippen LogP contribution in [0.25, 0.3) is 11.3 Å². The first-order valence-corrected chi connectivity index (χ1v) is 10.0. The zero-order valence-electron chi connectivity index (χ0n) is 16.8. The molecule has 9 heteroatoms. The lowest BCUT2D eigenvalue weighted by atomic mass is 9.98. The highest BCUT2D eigenvalue weighted by atomic mass is 16.7. The van der Waals surface area contributed by atoms with E-state index in [9.17, 15) is 9.59 Å². The van der Waals surface area contributed by atoms with Crippen molar-refractivity contribution in [1.82, 2.24) is 10.1 Å². The smallest absolute Gasteiger partial charge is 0.310 e. The van der Waals surface area contributed by atoms with Gasteiger partial charge in [0.1, 0.15) is 12.3 Å². The Morgan fingerprint density at radius 1 is 1.23 bits per heavy atom. The standard InChI is InChI=1S/C21H24N2O7/c1-2-27-21(25)15-4-3-7-23(10-15)20(24)12-26-11-16-9-18(30-22-16)14-5-6-17-19(8-14)29-13-28-17/h5-6,8-9,15H,2-4,7,10-13H2,1H3/t15-/m0/s1. The van der Waals surface area contributed by atoms with E-state index in [1.807, 2.05) is 18.2 Å². The van der Waals surface area contributed by atoms with E-state index >= 15 is 0 Å². The molecule has 1 amide bonds. The number of carbonyl (C=O) groups is 2. The summed E-state index contributed by atoms with van der Waals surface area (Å²) in [5.41, 5.74) is 1.39. The number of carbonyl (C=O) groups excluding carboxylic acids is 2. The summed E-state index contributed by atoms with van der Waals surface area (Å²) in [6.07, 6.45) is 1.52. The van der Waals surface area contributed by atoms with Crippen LogP contribution >= 0.6 is 0 Å². The number of benzene rings is 1. The van der Waals surface area contributed by atoms with E-state index in [1.54, 1.807) is 17.9 Å². The number of esters is 1. The van der Waals surface area contributed by atoms with Crippen molar-refractivity contribution in [2.45, 2.75) is 26.4 Å². The highest BCUT2D eigenvalue weighted by Crippen LogP contribution is 2.36. The van der Waals surface area contributed by atoms with Gasteiger partial charge in [0, 0.05) is 24.7 Å². The number of amides is 1. The normalized spacial score (nSPS) is 17.8. The Morgan fingerprint density at radius 2 is 2.10 bits per heavy atom. The summed E-state index contributed by atoms with van der Waals surface area (Å²) in [6, 6.07) is 7.27. The molecular formula is C21H24N2O7. The van der Waals surface area contributed by atoms with Crippen molar-refractivity contribution in [2.24, 2.45) is 5.92 Å². The quantitative estimate of drug-likeness (QED) is 0.635. The molecule has 4 rings (SSSR count). The van der Waals surface area contributed by atoms with E-state index in [0.29, 0.717) is 42.6 Å². The molecule has 2 aliphatic heterocycles. The van der Waals surface area contributed by atoms with Gasteiger partial charge in [0.2, 0.25) is 12.7 Å². The molecule has 0 saturated carbocycles. The number of rotatable bonds is 7. The van der Waals surface area contributed by atoms with Crippen LogP contribution in [0, 0.1) is 5.92 Å². The van der Waals surface area contributed by atoms with Crippen LogP contribution in [0.1, 0.15) is 25.5 Å². The van der Waals surface area contributed by atoms with Gasteiger partial charge in [-0.2, -0.15) is 0 Å². The van der Waals surface area contributed by atoms with Crippen LogP contribution in [-0.2, 0) is 25.7 Å². The summed E-state index contributed by atoms with van der Waals surface area (Å²) in [5, 5.41) is 3.99. The number of hydrogen-bond acceptors (Lipinski definition) is 8. The minimum atomic E-state index is -0.262. The predicted octanol–water partition coefficient (Wildman–Crippen LogP) is 2.39. The van der Waals surface area contributed by atoms with E-state index in [1.165, 1.54) is 0 Å². The molecule has 0 N–H and O–H groups in total. The van der Waals surface area contributed by atoms with Crippen molar-refractivity contribution >= 4 is 11.9 Å². The van der Waals surface area contributed by atoms with Crippen molar-refractivity contribution in [3.63, 3.8) is 0 Å². The maximum absolute atomic E-state index is 12.4. The van der Waals surface area contributed by atoms with Crippen molar-refractivity contribution < 1.29 is 33.1 Å². The van der Waals surface area contributed by atoms with Crippen LogP contribution in [0.15, 0.2) is 28.8 Å². The third-order valence-electron chi connectivity index (χ3n) is 5.09. The molecule has 30 heavy (non-hydrogen) atoms. The molecule has 0 spiro atoms. The van der Waals surface area contributed by atoms with Crippen LogP contribution in [0.5, 0.6) is 11.5 Å². The summed E-state index contributed by atoms with van der Waals surface area (Å²) in [4.78, 5) is 26.0. The molecule has 3 heterocycles. The number of piperidine rings is 1. The molecular weight excluding hydrogens is 392 g/mol. The number of likely N-dealkylation sites (tertiary alicyclic amines) is 1. The third-order valence-corrected chi connectivity index (χ3v) is 5.09. The average molecular weight is 416 g/mol. The summed E-state index contributed by atoms with van der Waals surface area (Å²) < 4.78 is 26.6. The van der Waals surface area contributed by atoms with Gasteiger partial charge in [0.05, 0.1) is 19.1 Å². The van der Waals surface area contributed by atoms with Crippen molar-refractivity contribution in [1.29, 1.82) is 0 Å². The first-order chi connectivity index (χ1) is 14.6. The molecule has 1 saturated heterocycles. The van der Waals surface area contributed by atoms with Gasteiger partial charge in [0.25, 0.3) is 0 Å². The highest BCUT2D eigenvalue weighted by Gasteiger charge is 2.29. The number of nitrogens with zero attached hydrogens (tertiary/aromatic N) is 2. The fourth-order valence-corrected chi connectivity index (χ4v) is 3.56. The van der Waals surface area contributed by atoms with E-state index in [2.05, 4.69) is 5.16 Å². The monoisotopic (exact) mass is 416 g/mol. The van der Waals surface area contributed by atoms with Crippen LogP contribution in [0.2, 0.25) is 0 Å². The van der Waals surface area contributed by atoms with Gasteiger partial charge >= 0.3 is 5.97 Å². The molecule has 9 nitrogen and oxygen atoms in total. The lowest BCUT2D eigenvalue weighted by Crippen LogP contribution is -2.44. The van der Waals surface area contributed by atoms with Crippen molar-refractivity contribution in [3.8, 4) is 22.8 Å². The minimum Gasteiger partial charge on any atom is -0.466 e. The van der Waals surface area contributed by atoms with Crippen LogP contribution in [0.3, 0.4) is 0 Å². The van der Waals surface area contributed by atoms with Gasteiger partial charge in [-0.05, 0) is 38.0 Å². The van der Waals surface area contributed by atoms with E-state index in [0.717, 1.165) is 18.4 Å². The highest BCUT2D eigenvalue weighted by molar-refractivity contribution is 5.79. The topological polar surface area (TPSA) is 100 Å². The zero-order valence-corrected chi connectivity index (χ0v) is 16.8. The maximum atomic E-state index is 12.4. The molecule has 160 valence electrons. The molecule has 1 atom stereocenters. The van der Waals surface area contributed by atoms with Gasteiger partial charge in [-0.1, -0.05) is 5.16 Å². The largest absolute Gasteiger partial charge is 0.466 e. The van der Waals surface area contributed by atoms with Gasteiger partial charge in [-0.25, -0.2) is 0 Å². The van der Waals surface area contributed by atoms with Gasteiger partial charge in [-0.15, -0.1) is 0 Å². The molecule has 0 radical (unpaired) electrons. The lowest BCUT2D eigenvalue weighted by molar-refractivity contribution is -0.152. The first-order valence-electron chi connectivity index (χ1n) is 10.0. The minimum absolute atomic E-state index is 0.0816. The van der Waals surface area contributed by atoms with Crippen LogP contribution in [0.4, 0.5) is 0 Å². The molecule has 0 aliphatic carbocycles. The number of aromatic nitrogens is 1. The molecule has 0 bridgehead atoms. The second-order valence-corrected chi connectivity index (χ2v) is 7.17. The fourth-order valence-electron chi connectivity index (χ4n) is 3.56. The maximum Gasteiger partial charge on any atom is 0.310 e. The Bertz CT molecular complexity index is 911. The summed E-state index contributed by atoms with van der Waals surface area (Å²) in [5.74, 6) is 1.28. The van der Waals surface area contributed by atoms with Gasteiger partial charge in [-0.3, -0.25) is 9.59 Å². The number of fused-ring (bicyclic) bond motifs is 1. The van der Waals surface area contributed by atoms with E-state index in [4.69, 9.17) is 23.5 Å². The molecule has 1 fully saturated rings. The Labute approximate surface area is 173 Å². The van der Waals surface area contributed by atoms with Gasteiger partial charge in [0.15, 0.2) is 17.3 Å². The van der Waals surface area contributed by atoms with Crippen molar-refractivity contribution in [2.75, 3.05) is 33.1 Å². The second-order valence-electron chi connectivity index (χ2n) is 7.17. The third kappa shape index (κ3) is 4.56. The summed E-state index contributed by atoms with van der Waals surface area (Å²) in [6.45, 7) is 3.39. The Morgan fingerprint density at radius 3 is 2.97 bits per heavy atom. The van der Waals surface area contributed by atoms with E-state index < -0.39 is 0 Å². The summed E-state index contributed by atoms with van der Waals surface area (Å²) in [7, 11) is 0. The van der Waals surface area contributed by atoms with Crippen LogP contribution in [-0.4, -0.2) is 55.0 Å². The van der Waals surface area contributed by atoms with Crippen molar-refractivity contribution in [3.05, 3.63) is 30.0 Å². The second kappa shape index (κ2) is 9.17. The lowest BCUT2D eigenvalue weighted by Gasteiger charge is -2.31. The zero-order chi connectivity index (χ0) is 20.9.